The minimum atomic E-state index is -4.04. The lowest BCUT2D eigenvalue weighted by Gasteiger charge is -2.33. The molecular weight excluding hydrogens is 673 g/mol. The molecule has 51 heavy (non-hydrogen) atoms. The summed E-state index contributed by atoms with van der Waals surface area (Å²) >= 11 is 0. The third-order valence-electron chi connectivity index (χ3n) is 10.7. The molecule has 2 aliphatic heterocycles. The Morgan fingerprint density at radius 2 is 1.80 bits per heavy atom. The molecule has 1 spiro atoms. The molecule has 7 rings (SSSR count). The number of carbonyl (C=O) groups is 1. The number of sulfonamides is 1. The van der Waals surface area contributed by atoms with E-state index in [0.717, 1.165) is 53.3 Å². The number of ether oxygens (including phenoxy) is 3. The van der Waals surface area contributed by atoms with Crippen LogP contribution in [0.25, 0.3) is 5.65 Å². The van der Waals surface area contributed by atoms with Gasteiger partial charge >= 0.3 is 5.97 Å². The molecular formula is C37H46N6O7S. The molecule has 1 aromatic carbocycles. The number of fused-ring (bicyclic) bond motifs is 2. The number of morpholine rings is 1. The topological polar surface area (TPSA) is 149 Å². The average Bonchev–Trinajstić information content (AvgIpc) is 3.75. The smallest absolute Gasteiger partial charge is 0.310 e. The largest absolute Gasteiger partial charge is 0.481 e. The molecule has 272 valence electrons. The predicted octanol–water partition coefficient (Wildman–Crippen LogP) is 4.43. The summed E-state index contributed by atoms with van der Waals surface area (Å²) in [5.74, 6) is -0.332. The average molecular weight is 719 g/mol. The van der Waals surface area contributed by atoms with Crippen molar-refractivity contribution in [3.05, 3.63) is 75.7 Å². The molecule has 0 unspecified atom stereocenters. The van der Waals surface area contributed by atoms with Gasteiger partial charge in [-0.3, -0.25) is 14.1 Å². The normalized spacial score (nSPS) is 19.3. The molecule has 5 heterocycles. The number of hydrogen-bond donors (Lipinski definition) is 1. The van der Waals surface area contributed by atoms with E-state index in [1.165, 1.54) is 4.31 Å². The fraction of sp³-hybridized carbons (Fsp3) is 0.514. The molecule has 0 amide bonds. The van der Waals surface area contributed by atoms with Crippen LogP contribution < -0.4 is 9.47 Å². The molecule has 13 nitrogen and oxygen atoms in total. The Morgan fingerprint density at radius 3 is 2.51 bits per heavy atom. The van der Waals surface area contributed by atoms with Crippen LogP contribution in [0.2, 0.25) is 0 Å². The highest BCUT2D eigenvalue weighted by molar-refractivity contribution is 7.89. The van der Waals surface area contributed by atoms with E-state index >= 15 is 0 Å². The molecule has 0 bridgehead atoms. The Labute approximate surface area is 298 Å². The van der Waals surface area contributed by atoms with E-state index < -0.39 is 32.9 Å². The van der Waals surface area contributed by atoms with Crippen LogP contribution in [0.15, 0.2) is 41.4 Å². The van der Waals surface area contributed by atoms with Gasteiger partial charge in [-0.15, -0.1) is 10.2 Å². The summed E-state index contributed by atoms with van der Waals surface area (Å²) in [6, 6.07) is 9.39. The second-order valence-corrected chi connectivity index (χ2v) is 16.7. The zero-order valence-electron chi connectivity index (χ0n) is 30.1. The Hall–Kier alpha value is -4.11. The van der Waals surface area contributed by atoms with Crippen molar-refractivity contribution in [1.82, 2.24) is 28.8 Å². The van der Waals surface area contributed by atoms with Crippen LogP contribution in [0.4, 0.5) is 0 Å². The van der Waals surface area contributed by atoms with Crippen LogP contribution in [0, 0.1) is 33.1 Å². The van der Waals surface area contributed by atoms with Crippen molar-refractivity contribution >= 4 is 21.6 Å². The molecule has 1 saturated heterocycles. The maximum atomic E-state index is 14.5. The van der Waals surface area contributed by atoms with E-state index in [4.69, 9.17) is 14.2 Å². The second-order valence-electron chi connectivity index (χ2n) is 14.8. The standard InChI is InChI=1S/C37H46N6O7S/c1-23-7-8-27(31(36(5,6)35(44)45)29-9-12-43-26(4)39-40-32(43)25(29)3)20-28(23)21-42-22-37(10-11-37)50-34-30(51(42,46)47)19-24(2)33(38-34)49-18-15-41-13-16-48-17-14-41/h7-9,12,19-20,31H,10-11,13-18,21-22H2,1-6H3,(H,44,45)/t31-/m0/s1. The number of benzene rings is 1. The number of aromatic nitrogens is 4. The summed E-state index contributed by atoms with van der Waals surface area (Å²) < 4.78 is 50.2. The quantitative estimate of drug-likeness (QED) is 0.248. The lowest BCUT2D eigenvalue weighted by molar-refractivity contribution is -0.147. The third kappa shape index (κ3) is 6.58. The van der Waals surface area contributed by atoms with Crippen LogP contribution in [0.5, 0.6) is 11.8 Å². The summed E-state index contributed by atoms with van der Waals surface area (Å²) in [5, 5.41) is 19.1. The Bertz CT molecular complexity index is 2100. The zero-order chi connectivity index (χ0) is 36.3. The highest BCUT2D eigenvalue weighted by atomic mass is 32.2. The maximum absolute atomic E-state index is 14.5. The summed E-state index contributed by atoms with van der Waals surface area (Å²) in [6.45, 7) is 15.5. The number of carboxylic acids is 1. The van der Waals surface area contributed by atoms with Gasteiger partial charge in [0.25, 0.3) is 0 Å². The van der Waals surface area contributed by atoms with Gasteiger partial charge in [0.15, 0.2) is 5.65 Å². The summed E-state index contributed by atoms with van der Waals surface area (Å²) in [5.41, 5.74) is 3.51. The minimum Gasteiger partial charge on any atom is -0.481 e. The number of aliphatic carboxylic acids is 1. The number of aryl methyl sites for hydroxylation is 4. The van der Waals surface area contributed by atoms with Gasteiger partial charge in [0.1, 0.15) is 22.9 Å². The molecule has 1 N–H and O–H groups in total. The summed E-state index contributed by atoms with van der Waals surface area (Å²) in [6.07, 6.45) is 3.29. The Kier molecular flexibility index (Phi) is 9.09. The monoisotopic (exact) mass is 718 g/mol. The number of nitrogens with zero attached hydrogens (tertiary/aromatic N) is 6. The van der Waals surface area contributed by atoms with E-state index in [9.17, 15) is 18.3 Å². The van der Waals surface area contributed by atoms with Crippen molar-refractivity contribution in [3.63, 3.8) is 0 Å². The first kappa shape index (κ1) is 35.3. The lowest BCUT2D eigenvalue weighted by Crippen LogP contribution is -2.38. The van der Waals surface area contributed by atoms with Gasteiger partial charge in [-0.25, -0.2) is 8.42 Å². The van der Waals surface area contributed by atoms with Crippen molar-refractivity contribution < 1.29 is 32.5 Å². The van der Waals surface area contributed by atoms with Gasteiger partial charge in [-0.05, 0) is 94.3 Å². The number of pyridine rings is 2. The summed E-state index contributed by atoms with van der Waals surface area (Å²) in [4.78, 5) is 19.7. The van der Waals surface area contributed by atoms with E-state index in [1.54, 1.807) is 26.8 Å². The van der Waals surface area contributed by atoms with E-state index in [2.05, 4.69) is 20.1 Å². The molecule has 2 fully saturated rings. The first-order valence-corrected chi connectivity index (χ1v) is 18.9. The fourth-order valence-electron chi connectivity index (χ4n) is 7.24. The first-order valence-electron chi connectivity index (χ1n) is 17.5. The van der Waals surface area contributed by atoms with Crippen molar-refractivity contribution in [2.24, 2.45) is 5.41 Å². The maximum Gasteiger partial charge on any atom is 0.310 e. The van der Waals surface area contributed by atoms with Gasteiger partial charge in [-0.2, -0.15) is 9.29 Å². The highest BCUT2D eigenvalue weighted by Crippen LogP contribution is 2.48. The molecule has 0 radical (unpaired) electrons. The number of hydrogen-bond acceptors (Lipinski definition) is 10. The van der Waals surface area contributed by atoms with Crippen LogP contribution in [-0.4, -0.2) is 99.9 Å². The van der Waals surface area contributed by atoms with E-state index in [1.807, 2.05) is 55.6 Å². The van der Waals surface area contributed by atoms with Gasteiger partial charge < -0.3 is 19.3 Å². The Balaban J connectivity index is 1.22. The van der Waals surface area contributed by atoms with Gasteiger partial charge in [0, 0.05) is 43.9 Å². The molecule has 4 aromatic rings. The lowest BCUT2D eigenvalue weighted by atomic mass is 9.70. The molecule has 1 atom stereocenters. The van der Waals surface area contributed by atoms with Crippen LogP contribution >= 0.6 is 0 Å². The van der Waals surface area contributed by atoms with Gasteiger partial charge in [0.05, 0.1) is 25.2 Å². The molecule has 14 heteroatoms. The van der Waals surface area contributed by atoms with Crippen LogP contribution in [0.3, 0.4) is 0 Å². The van der Waals surface area contributed by atoms with E-state index in [0.29, 0.717) is 49.8 Å². The third-order valence-corrected chi connectivity index (χ3v) is 12.5. The Morgan fingerprint density at radius 1 is 1.06 bits per heavy atom. The number of carboxylic acid groups (broad SMARTS) is 1. The molecule has 3 aromatic heterocycles. The van der Waals surface area contributed by atoms with Crippen molar-refractivity contribution in [2.45, 2.75) is 77.3 Å². The second kappa shape index (κ2) is 13.1. The van der Waals surface area contributed by atoms with Crippen LogP contribution in [-0.2, 0) is 26.1 Å². The zero-order valence-corrected chi connectivity index (χ0v) is 30.9. The first-order chi connectivity index (χ1) is 24.2. The fourth-order valence-corrected chi connectivity index (χ4v) is 8.87. The molecule has 3 aliphatic rings. The van der Waals surface area contributed by atoms with Crippen molar-refractivity contribution in [3.8, 4) is 11.8 Å². The van der Waals surface area contributed by atoms with Crippen molar-refractivity contribution in [1.29, 1.82) is 0 Å². The summed E-state index contributed by atoms with van der Waals surface area (Å²) in [7, 11) is -4.04. The number of rotatable bonds is 10. The highest BCUT2D eigenvalue weighted by Gasteiger charge is 2.53. The van der Waals surface area contributed by atoms with Gasteiger partial charge in [0.2, 0.25) is 21.8 Å². The minimum absolute atomic E-state index is 0.0236. The predicted molar refractivity (Wildman–Crippen MR) is 189 cm³/mol. The van der Waals surface area contributed by atoms with E-state index in [-0.39, 0.29) is 23.9 Å². The SMILES string of the molecule is Cc1ccc([C@@H](c2ccn3c(C)nnc3c2C)C(C)(C)C(=O)O)cc1CN1CC2(CC2)Oc2nc(OCCN3CCOCC3)c(C)cc2S1(=O)=O. The molecule has 1 saturated carbocycles. The van der Waals surface area contributed by atoms with Gasteiger partial charge in [-0.1, -0.05) is 18.2 Å². The molecule has 1 aliphatic carbocycles. The van der Waals surface area contributed by atoms with Crippen LogP contribution in [0.1, 0.15) is 71.8 Å². The van der Waals surface area contributed by atoms with Crippen molar-refractivity contribution in [2.75, 3.05) is 46.0 Å².